The van der Waals surface area contributed by atoms with Crippen LogP contribution < -0.4 is 10.6 Å². The van der Waals surface area contributed by atoms with Crippen LogP contribution in [0.25, 0.3) is 0 Å². The predicted molar refractivity (Wildman–Crippen MR) is 114 cm³/mol. The molecule has 3 atom stereocenters. The van der Waals surface area contributed by atoms with Gasteiger partial charge in [-0.3, -0.25) is 9.59 Å². The maximum absolute atomic E-state index is 13.2. The third-order valence-corrected chi connectivity index (χ3v) is 6.58. The molecule has 1 saturated carbocycles. The highest BCUT2D eigenvalue weighted by molar-refractivity contribution is 5.94. The van der Waals surface area contributed by atoms with Crippen LogP contribution in [0.3, 0.4) is 0 Å². The van der Waals surface area contributed by atoms with Gasteiger partial charge in [0.1, 0.15) is 18.7 Å². The Morgan fingerprint density at radius 1 is 1.10 bits per heavy atom. The number of aliphatic hydroxyl groups excluding tert-OH is 1. The van der Waals surface area contributed by atoms with Crippen molar-refractivity contribution in [2.45, 2.75) is 76.0 Å². The first-order chi connectivity index (χ1) is 15.1. The van der Waals surface area contributed by atoms with Crippen molar-refractivity contribution in [1.29, 1.82) is 0 Å². The van der Waals surface area contributed by atoms with E-state index in [9.17, 15) is 19.5 Å². The van der Waals surface area contributed by atoms with Crippen molar-refractivity contribution in [3.05, 3.63) is 0 Å². The van der Waals surface area contributed by atoms with Gasteiger partial charge in [-0.1, -0.05) is 44.9 Å². The summed E-state index contributed by atoms with van der Waals surface area (Å²) in [6.45, 7) is 1.79. The van der Waals surface area contributed by atoms with Crippen LogP contribution in [0, 0.1) is 5.92 Å². The average Bonchev–Trinajstić information content (AvgIpc) is 3.09. The van der Waals surface area contributed by atoms with Crippen molar-refractivity contribution in [1.82, 2.24) is 15.5 Å². The summed E-state index contributed by atoms with van der Waals surface area (Å²) >= 11 is 0. The van der Waals surface area contributed by atoms with Gasteiger partial charge in [0.25, 0.3) is 0 Å². The lowest BCUT2D eigenvalue weighted by molar-refractivity contribution is -0.128. The van der Waals surface area contributed by atoms with Crippen LogP contribution in [0.1, 0.15) is 57.8 Å². The van der Waals surface area contributed by atoms with Gasteiger partial charge in [0.15, 0.2) is 5.78 Å². The Balaban J connectivity index is 1.66. The van der Waals surface area contributed by atoms with Gasteiger partial charge in [-0.25, -0.2) is 4.79 Å². The molecule has 0 aromatic carbocycles. The lowest BCUT2D eigenvalue weighted by Crippen LogP contribution is -2.57. The van der Waals surface area contributed by atoms with Crippen LogP contribution in [0.5, 0.6) is 0 Å². The molecule has 0 bridgehead atoms. The molecule has 176 valence electrons. The molecule has 3 aliphatic rings. The molecule has 0 radical (unpaired) electrons. The van der Waals surface area contributed by atoms with E-state index in [1.807, 2.05) is 0 Å². The number of ketones is 1. The second kappa shape index (κ2) is 12.4. The molecule has 2 saturated heterocycles. The SMILES string of the molecule is O=C(N[C@@H]1C(=O)CO[C@H]1CCO)[C@H](CC1CCCCCCC1)NC(=O)N1CCOCC1. The summed E-state index contributed by atoms with van der Waals surface area (Å²) in [4.78, 5) is 39.9. The Labute approximate surface area is 184 Å². The van der Waals surface area contributed by atoms with E-state index in [0.29, 0.717) is 38.6 Å². The van der Waals surface area contributed by atoms with Gasteiger partial charge < -0.3 is 30.1 Å². The Hall–Kier alpha value is -1.71. The molecule has 1 aliphatic carbocycles. The van der Waals surface area contributed by atoms with Gasteiger partial charge in [0.2, 0.25) is 5.91 Å². The maximum Gasteiger partial charge on any atom is 0.318 e. The van der Waals surface area contributed by atoms with Gasteiger partial charge in [-0.15, -0.1) is 0 Å². The number of amides is 3. The molecular formula is C22H37N3O6. The largest absolute Gasteiger partial charge is 0.396 e. The van der Waals surface area contributed by atoms with Gasteiger partial charge >= 0.3 is 6.03 Å². The molecule has 0 spiro atoms. The van der Waals surface area contributed by atoms with Crippen molar-refractivity contribution in [3.8, 4) is 0 Å². The Morgan fingerprint density at radius 3 is 2.45 bits per heavy atom. The topological polar surface area (TPSA) is 117 Å². The smallest absolute Gasteiger partial charge is 0.318 e. The highest BCUT2D eigenvalue weighted by Gasteiger charge is 2.38. The predicted octanol–water partition coefficient (Wildman–Crippen LogP) is 0.983. The number of ether oxygens (including phenoxy) is 2. The molecule has 2 heterocycles. The van der Waals surface area contributed by atoms with Crippen molar-refractivity contribution in [2.75, 3.05) is 39.5 Å². The fraction of sp³-hybridized carbons (Fsp3) is 0.864. The van der Waals surface area contributed by atoms with Crippen molar-refractivity contribution in [2.24, 2.45) is 5.92 Å². The highest BCUT2D eigenvalue weighted by atomic mass is 16.5. The van der Waals surface area contributed by atoms with E-state index >= 15 is 0 Å². The minimum absolute atomic E-state index is 0.0664. The fourth-order valence-corrected chi connectivity index (χ4v) is 4.74. The minimum atomic E-state index is -0.778. The van der Waals surface area contributed by atoms with E-state index in [1.54, 1.807) is 4.90 Å². The van der Waals surface area contributed by atoms with Crippen molar-refractivity contribution >= 4 is 17.7 Å². The molecule has 3 N–H and O–H groups in total. The molecule has 0 unspecified atom stereocenters. The number of hydrogen-bond donors (Lipinski definition) is 3. The van der Waals surface area contributed by atoms with Gasteiger partial charge in [-0.2, -0.15) is 0 Å². The Morgan fingerprint density at radius 2 is 1.77 bits per heavy atom. The Kier molecular flexibility index (Phi) is 9.54. The summed E-state index contributed by atoms with van der Waals surface area (Å²) in [6, 6.07) is -1.75. The molecule has 3 rings (SSSR count). The monoisotopic (exact) mass is 439 g/mol. The zero-order valence-corrected chi connectivity index (χ0v) is 18.4. The number of Topliss-reactive ketones (excluding diaryl/α,β-unsaturated/α-hetero) is 1. The molecule has 2 aliphatic heterocycles. The summed E-state index contributed by atoms with van der Waals surface area (Å²) < 4.78 is 10.7. The van der Waals surface area contributed by atoms with Crippen LogP contribution in [-0.4, -0.2) is 85.4 Å². The van der Waals surface area contributed by atoms with Crippen molar-refractivity contribution < 1.29 is 29.0 Å². The van der Waals surface area contributed by atoms with E-state index in [4.69, 9.17) is 9.47 Å². The number of morpholine rings is 1. The van der Waals surface area contributed by atoms with Crippen LogP contribution in [0.4, 0.5) is 4.79 Å². The summed E-state index contributed by atoms with van der Waals surface area (Å²) in [5.74, 6) is -0.184. The normalized spacial score (nSPS) is 26.7. The first kappa shape index (κ1) is 23.9. The fourth-order valence-electron chi connectivity index (χ4n) is 4.74. The first-order valence-corrected chi connectivity index (χ1v) is 11.8. The first-order valence-electron chi connectivity index (χ1n) is 11.8. The standard InChI is InChI=1S/C22H37N3O6/c26-11-8-19-20(18(27)15-31-19)24-21(28)17(14-16-6-4-2-1-3-5-7-16)23-22(29)25-9-12-30-13-10-25/h16-17,19-20,26H,1-15H2,(H,23,29)(H,24,28)/t17-,19-,20+/m0/s1. The third kappa shape index (κ3) is 7.15. The number of carbonyl (C=O) groups excluding carboxylic acids is 3. The lowest BCUT2D eigenvalue weighted by atomic mass is 9.86. The zero-order chi connectivity index (χ0) is 22.1. The van der Waals surface area contributed by atoms with E-state index in [0.717, 1.165) is 25.7 Å². The second-order valence-corrected chi connectivity index (χ2v) is 8.86. The van der Waals surface area contributed by atoms with E-state index in [-0.39, 0.29) is 37.4 Å². The molecule has 9 heteroatoms. The highest BCUT2D eigenvalue weighted by Crippen LogP contribution is 2.26. The van der Waals surface area contributed by atoms with Gasteiger partial charge in [-0.05, 0) is 18.8 Å². The average molecular weight is 440 g/mol. The summed E-state index contributed by atoms with van der Waals surface area (Å²) in [6.07, 6.45) is 8.39. The van der Waals surface area contributed by atoms with E-state index in [2.05, 4.69) is 10.6 Å². The molecule has 3 fully saturated rings. The molecule has 9 nitrogen and oxygen atoms in total. The van der Waals surface area contributed by atoms with Crippen LogP contribution in [0.2, 0.25) is 0 Å². The van der Waals surface area contributed by atoms with Gasteiger partial charge in [0.05, 0.1) is 19.3 Å². The summed E-state index contributed by atoms with van der Waals surface area (Å²) in [7, 11) is 0. The third-order valence-electron chi connectivity index (χ3n) is 6.58. The number of hydrogen-bond acceptors (Lipinski definition) is 6. The Bertz CT molecular complexity index is 602. The maximum atomic E-state index is 13.2. The van der Waals surface area contributed by atoms with Crippen LogP contribution in [0.15, 0.2) is 0 Å². The van der Waals surface area contributed by atoms with Gasteiger partial charge in [0, 0.05) is 19.7 Å². The lowest BCUT2D eigenvalue weighted by Gasteiger charge is -2.31. The minimum Gasteiger partial charge on any atom is -0.396 e. The van der Waals surface area contributed by atoms with Crippen molar-refractivity contribution in [3.63, 3.8) is 0 Å². The summed E-state index contributed by atoms with van der Waals surface area (Å²) in [5.41, 5.74) is 0. The van der Waals surface area contributed by atoms with Crippen LogP contribution >= 0.6 is 0 Å². The molecule has 0 aromatic heterocycles. The molecule has 0 aromatic rings. The number of carbonyl (C=O) groups is 3. The number of urea groups is 1. The van der Waals surface area contributed by atoms with E-state index < -0.39 is 18.2 Å². The number of aliphatic hydroxyl groups is 1. The van der Waals surface area contributed by atoms with Crippen LogP contribution in [-0.2, 0) is 19.1 Å². The quantitative estimate of drug-likeness (QED) is 0.544. The molecule has 31 heavy (non-hydrogen) atoms. The van der Waals surface area contributed by atoms with E-state index in [1.165, 1.54) is 19.3 Å². The number of nitrogens with one attached hydrogen (secondary N) is 2. The molecule has 3 amide bonds. The number of rotatable bonds is 7. The summed E-state index contributed by atoms with van der Waals surface area (Å²) in [5, 5.41) is 15.0. The number of nitrogens with zero attached hydrogens (tertiary/aromatic N) is 1. The second-order valence-electron chi connectivity index (χ2n) is 8.86. The molecular weight excluding hydrogens is 402 g/mol. The zero-order valence-electron chi connectivity index (χ0n) is 18.4.